The molecule has 0 N–H and O–H groups in total. The third kappa shape index (κ3) is 1.44. The van der Waals surface area contributed by atoms with E-state index < -0.39 is 0 Å². The van der Waals surface area contributed by atoms with Crippen LogP contribution in [0.4, 0.5) is 0 Å². The van der Waals surface area contributed by atoms with Crippen LogP contribution in [0.15, 0.2) is 12.1 Å². The molecular weight excluding hydrogens is 263 g/mol. The molecule has 0 unspecified atom stereocenters. The van der Waals surface area contributed by atoms with Gasteiger partial charge in [0.2, 0.25) is 0 Å². The highest BCUT2D eigenvalue weighted by Gasteiger charge is 2.27. The molecule has 0 bridgehead atoms. The van der Waals surface area contributed by atoms with E-state index in [0.29, 0.717) is 11.6 Å². The monoisotopic (exact) mass is 270 g/mol. The SMILES string of the molecule is N#Cc1ccc(I)c(C2CC2)n1. The number of pyridine rings is 1. The third-order valence-electron chi connectivity index (χ3n) is 1.95. The topological polar surface area (TPSA) is 36.7 Å². The quantitative estimate of drug-likeness (QED) is 0.735. The summed E-state index contributed by atoms with van der Waals surface area (Å²) in [5, 5.41) is 8.64. The Bertz CT molecular complexity index is 350. The number of aromatic nitrogens is 1. The summed E-state index contributed by atoms with van der Waals surface area (Å²) in [5.74, 6) is 0.630. The minimum absolute atomic E-state index is 0.539. The second kappa shape index (κ2) is 3.02. The average Bonchev–Trinajstić information content (AvgIpc) is 2.88. The van der Waals surface area contributed by atoms with Crippen molar-refractivity contribution in [1.82, 2.24) is 4.98 Å². The van der Waals surface area contributed by atoms with Crippen LogP contribution in [0.5, 0.6) is 0 Å². The normalized spacial score (nSPS) is 15.7. The van der Waals surface area contributed by atoms with Gasteiger partial charge in [-0.25, -0.2) is 4.98 Å². The van der Waals surface area contributed by atoms with Crippen LogP contribution in [0.2, 0.25) is 0 Å². The molecule has 0 amide bonds. The molecule has 1 aliphatic carbocycles. The van der Waals surface area contributed by atoms with Crippen molar-refractivity contribution in [2.24, 2.45) is 0 Å². The zero-order valence-electron chi connectivity index (χ0n) is 6.42. The van der Waals surface area contributed by atoms with Crippen LogP contribution in [0.1, 0.15) is 30.1 Å². The van der Waals surface area contributed by atoms with Gasteiger partial charge in [0.05, 0.1) is 5.69 Å². The van der Waals surface area contributed by atoms with Crippen LogP contribution in [0.3, 0.4) is 0 Å². The second-order valence-electron chi connectivity index (χ2n) is 2.95. The van der Waals surface area contributed by atoms with E-state index in [2.05, 4.69) is 33.6 Å². The van der Waals surface area contributed by atoms with Gasteiger partial charge in [0.25, 0.3) is 0 Å². The summed E-state index contributed by atoms with van der Waals surface area (Å²) in [7, 11) is 0. The molecule has 12 heavy (non-hydrogen) atoms. The van der Waals surface area contributed by atoms with Gasteiger partial charge in [-0.3, -0.25) is 0 Å². The van der Waals surface area contributed by atoms with Gasteiger partial charge in [-0.05, 0) is 47.6 Å². The Morgan fingerprint density at radius 1 is 1.50 bits per heavy atom. The number of halogens is 1. The molecule has 1 aromatic heterocycles. The van der Waals surface area contributed by atoms with Crippen LogP contribution in [0, 0.1) is 14.9 Å². The van der Waals surface area contributed by atoms with Crippen LogP contribution in [-0.2, 0) is 0 Å². The fourth-order valence-corrected chi connectivity index (χ4v) is 1.90. The maximum Gasteiger partial charge on any atom is 0.140 e. The summed E-state index contributed by atoms with van der Waals surface area (Å²) >= 11 is 2.28. The third-order valence-corrected chi connectivity index (χ3v) is 2.86. The summed E-state index contributed by atoms with van der Waals surface area (Å²) in [6, 6.07) is 5.81. The van der Waals surface area contributed by atoms with E-state index in [0.717, 1.165) is 5.69 Å². The summed E-state index contributed by atoms with van der Waals surface area (Å²) < 4.78 is 1.19. The van der Waals surface area contributed by atoms with Gasteiger partial charge in [-0.2, -0.15) is 5.26 Å². The molecule has 1 heterocycles. The highest BCUT2D eigenvalue weighted by molar-refractivity contribution is 14.1. The molecule has 0 aliphatic heterocycles. The highest BCUT2D eigenvalue weighted by Crippen LogP contribution is 2.40. The van der Waals surface area contributed by atoms with Crippen LogP contribution in [-0.4, -0.2) is 4.98 Å². The first kappa shape index (κ1) is 7.99. The molecule has 1 aliphatic rings. The Morgan fingerprint density at radius 2 is 2.25 bits per heavy atom. The molecule has 0 aromatic carbocycles. The second-order valence-corrected chi connectivity index (χ2v) is 4.11. The molecule has 0 saturated heterocycles. The van der Waals surface area contributed by atoms with Crippen molar-refractivity contribution in [3.8, 4) is 6.07 Å². The number of hydrogen-bond donors (Lipinski definition) is 0. The lowest BCUT2D eigenvalue weighted by Crippen LogP contribution is -1.93. The molecule has 1 saturated carbocycles. The standard InChI is InChI=1S/C9H7IN2/c10-8-4-3-7(5-11)12-9(8)6-1-2-6/h3-4,6H,1-2H2. The molecule has 1 fully saturated rings. The van der Waals surface area contributed by atoms with Gasteiger partial charge >= 0.3 is 0 Å². The van der Waals surface area contributed by atoms with Crippen molar-refractivity contribution in [3.05, 3.63) is 27.1 Å². The lowest BCUT2D eigenvalue weighted by Gasteiger charge is -2.00. The van der Waals surface area contributed by atoms with Crippen molar-refractivity contribution in [2.75, 3.05) is 0 Å². The first-order valence-corrected chi connectivity index (χ1v) is 4.95. The van der Waals surface area contributed by atoms with Crippen molar-refractivity contribution < 1.29 is 0 Å². The van der Waals surface area contributed by atoms with Gasteiger partial charge in [0, 0.05) is 9.49 Å². The smallest absolute Gasteiger partial charge is 0.140 e. The fourth-order valence-electron chi connectivity index (χ4n) is 1.16. The van der Waals surface area contributed by atoms with Crippen molar-refractivity contribution >= 4 is 22.6 Å². The molecule has 0 spiro atoms. The molecular formula is C9H7IN2. The first-order chi connectivity index (χ1) is 5.81. The summed E-state index contributed by atoms with van der Waals surface area (Å²) in [6.07, 6.45) is 2.47. The molecule has 2 nitrogen and oxygen atoms in total. The highest BCUT2D eigenvalue weighted by atomic mass is 127. The minimum Gasteiger partial charge on any atom is -0.241 e. The Kier molecular flexibility index (Phi) is 2.01. The number of hydrogen-bond acceptors (Lipinski definition) is 2. The molecule has 60 valence electrons. The van der Waals surface area contributed by atoms with E-state index in [9.17, 15) is 0 Å². The van der Waals surface area contributed by atoms with Crippen molar-refractivity contribution in [3.63, 3.8) is 0 Å². The fraction of sp³-hybridized carbons (Fsp3) is 0.333. The van der Waals surface area contributed by atoms with E-state index in [1.807, 2.05) is 6.07 Å². The number of nitrogens with zero attached hydrogens (tertiary/aromatic N) is 2. The molecule has 0 atom stereocenters. The van der Waals surface area contributed by atoms with Crippen molar-refractivity contribution in [1.29, 1.82) is 5.26 Å². The van der Waals surface area contributed by atoms with Gasteiger partial charge < -0.3 is 0 Å². The van der Waals surface area contributed by atoms with E-state index in [1.165, 1.54) is 16.4 Å². The Balaban J connectivity index is 2.44. The predicted octanol–water partition coefficient (Wildman–Crippen LogP) is 2.44. The maximum atomic E-state index is 8.64. The molecule has 3 heteroatoms. The molecule has 2 rings (SSSR count). The van der Waals surface area contributed by atoms with Crippen LogP contribution >= 0.6 is 22.6 Å². The zero-order valence-corrected chi connectivity index (χ0v) is 8.58. The predicted molar refractivity (Wildman–Crippen MR) is 53.6 cm³/mol. The maximum absolute atomic E-state index is 8.64. The van der Waals surface area contributed by atoms with E-state index >= 15 is 0 Å². The zero-order chi connectivity index (χ0) is 8.55. The first-order valence-electron chi connectivity index (χ1n) is 3.88. The summed E-state index contributed by atoms with van der Waals surface area (Å²) in [4.78, 5) is 4.28. The lowest BCUT2D eigenvalue weighted by molar-refractivity contribution is 0.997. The van der Waals surface area contributed by atoms with E-state index in [4.69, 9.17) is 5.26 Å². The Labute approximate surface area is 84.8 Å². The van der Waals surface area contributed by atoms with E-state index in [-0.39, 0.29) is 0 Å². The van der Waals surface area contributed by atoms with Gasteiger partial charge in [0.1, 0.15) is 11.8 Å². The van der Waals surface area contributed by atoms with Crippen LogP contribution in [0.25, 0.3) is 0 Å². The summed E-state index contributed by atoms with van der Waals surface area (Å²) in [5.41, 5.74) is 1.66. The summed E-state index contributed by atoms with van der Waals surface area (Å²) in [6.45, 7) is 0. The van der Waals surface area contributed by atoms with Gasteiger partial charge in [0.15, 0.2) is 0 Å². The lowest BCUT2D eigenvalue weighted by atomic mass is 10.2. The van der Waals surface area contributed by atoms with Crippen LogP contribution < -0.4 is 0 Å². The van der Waals surface area contributed by atoms with Crippen molar-refractivity contribution in [2.45, 2.75) is 18.8 Å². The number of nitriles is 1. The minimum atomic E-state index is 0.539. The molecule has 1 aromatic rings. The molecule has 0 radical (unpaired) electrons. The van der Waals surface area contributed by atoms with Gasteiger partial charge in [-0.15, -0.1) is 0 Å². The Hall–Kier alpha value is -0.630. The van der Waals surface area contributed by atoms with E-state index in [1.54, 1.807) is 6.07 Å². The van der Waals surface area contributed by atoms with Gasteiger partial charge in [-0.1, -0.05) is 0 Å². The average molecular weight is 270 g/mol. The number of rotatable bonds is 1. The Morgan fingerprint density at radius 3 is 2.83 bits per heavy atom. The largest absolute Gasteiger partial charge is 0.241 e.